The van der Waals surface area contributed by atoms with Crippen LogP contribution in [0.3, 0.4) is 0 Å². The Hall–Kier alpha value is -2.43. The number of rotatable bonds is 2. The lowest BCUT2D eigenvalue weighted by molar-refractivity contribution is -0.114. The molecule has 1 N–H and O–H groups in total. The number of carbonyl (C=O) groups excluding carboxylic acids is 2. The van der Waals surface area contributed by atoms with E-state index < -0.39 is 5.97 Å². The number of nitrogens with one attached hydrogen (secondary N) is 1. The molecule has 0 fully saturated rings. The number of hydrogen-bond acceptors (Lipinski definition) is 4. The van der Waals surface area contributed by atoms with Crippen LogP contribution in [-0.2, 0) is 9.53 Å². The molecule has 92 valence electrons. The summed E-state index contributed by atoms with van der Waals surface area (Å²) < 4.78 is 4.64. The Labute approximate surface area is 104 Å². The quantitative estimate of drug-likeness (QED) is 0.820. The molecule has 2 aromatic rings. The van der Waals surface area contributed by atoms with Crippen molar-refractivity contribution >= 4 is 28.6 Å². The average Bonchev–Trinajstić information content (AvgIpc) is 2.36. The number of anilines is 1. The number of carbonyl (C=O) groups is 2. The van der Waals surface area contributed by atoms with Crippen LogP contribution in [0, 0.1) is 0 Å². The Kier molecular flexibility index (Phi) is 3.23. The maximum absolute atomic E-state index is 11.4. The third kappa shape index (κ3) is 2.45. The van der Waals surface area contributed by atoms with Crippen LogP contribution in [0.4, 0.5) is 5.82 Å². The number of pyridine rings is 1. The second-order valence-electron chi connectivity index (χ2n) is 3.78. The van der Waals surface area contributed by atoms with E-state index >= 15 is 0 Å². The van der Waals surface area contributed by atoms with Gasteiger partial charge in [-0.15, -0.1) is 0 Å². The van der Waals surface area contributed by atoms with Crippen molar-refractivity contribution in [1.29, 1.82) is 0 Å². The van der Waals surface area contributed by atoms with Crippen LogP contribution in [0.5, 0.6) is 0 Å². The van der Waals surface area contributed by atoms with Gasteiger partial charge in [0.1, 0.15) is 5.82 Å². The van der Waals surface area contributed by atoms with E-state index in [4.69, 9.17) is 0 Å². The van der Waals surface area contributed by atoms with Gasteiger partial charge in [0.2, 0.25) is 5.91 Å². The summed E-state index contributed by atoms with van der Waals surface area (Å²) in [4.78, 5) is 26.6. The highest BCUT2D eigenvalue weighted by Crippen LogP contribution is 2.17. The van der Waals surface area contributed by atoms with Crippen LogP contribution in [0.25, 0.3) is 10.9 Å². The van der Waals surface area contributed by atoms with Gasteiger partial charge in [0, 0.05) is 12.3 Å². The number of ether oxygens (including phenoxy) is 1. The molecule has 5 heteroatoms. The van der Waals surface area contributed by atoms with Crippen molar-refractivity contribution in [3.8, 4) is 0 Å². The molecular formula is C13H12N2O3. The lowest BCUT2D eigenvalue weighted by Crippen LogP contribution is -2.07. The molecule has 0 aliphatic rings. The first-order valence-corrected chi connectivity index (χ1v) is 5.37. The molecule has 5 nitrogen and oxygen atoms in total. The molecule has 0 saturated heterocycles. The highest BCUT2D eigenvalue weighted by molar-refractivity contribution is 5.95. The summed E-state index contributed by atoms with van der Waals surface area (Å²) in [6.45, 7) is 1.41. The molecular weight excluding hydrogens is 232 g/mol. The lowest BCUT2D eigenvalue weighted by atomic mass is 10.1. The summed E-state index contributed by atoms with van der Waals surface area (Å²) in [5, 5.41) is 3.48. The van der Waals surface area contributed by atoms with E-state index in [1.165, 1.54) is 14.0 Å². The maximum Gasteiger partial charge on any atom is 0.337 e. The molecule has 0 aliphatic carbocycles. The number of esters is 1. The SMILES string of the molecule is COC(=O)c1ccc2ccc(NC(C)=O)nc2c1. The fourth-order valence-corrected chi connectivity index (χ4v) is 1.61. The normalized spacial score (nSPS) is 10.1. The zero-order valence-electron chi connectivity index (χ0n) is 10.1. The number of nitrogens with zero attached hydrogens (tertiary/aromatic N) is 1. The number of aromatic nitrogens is 1. The third-order valence-electron chi connectivity index (χ3n) is 2.42. The molecule has 0 atom stereocenters. The largest absolute Gasteiger partial charge is 0.465 e. The van der Waals surface area contributed by atoms with E-state index in [1.54, 1.807) is 24.3 Å². The number of benzene rings is 1. The minimum Gasteiger partial charge on any atom is -0.465 e. The van der Waals surface area contributed by atoms with Crippen LogP contribution in [-0.4, -0.2) is 24.0 Å². The standard InChI is InChI=1S/C13H12N2O3/c1-8(16)14-12-6-5-9-3-4-10(13(17)18-2)7-11(9)15-12/h3-7H,1-2H3,(H,14,15,16). The molecule has 1 aromatic carbocycles. The molecule has 0 spiro atoms. The van der Waals surface area contributed by atoms with E-state index in [1.807, 2.05) is 6.07 Å². The number of hydrogen-bond donors (Lipinski definition) is 1. The van der Waals surface area contributed by atoms with Crippen molar-refractivity contribution in [1.82, 2.24) is 4.98 Å². The van der Waals surface area contributed by atoms with Gasteiger partial charge in [0.25, 0.3) is 0 Å². The van der Waals surface area contributed by atoms with E-state index in [0.717, 1.165) is 5.39 Å². The molecule has 1 aromatic heterocycles. The fourth-order valence-electron chi connectivity index (χ4n) is 1.61. The van der Waals surface area contributed by atoms with E-state index in [2.05, 4.69) is 15.0 Å². The average molecular weight is 244 g/mol. The maximum atomic E-state index is 11.4. The second kappa shape index (κ2) is 4.83. The molecule has 0 radical (unpaired) electrons. The van der Waals surface area contributed by atoms with Gasteiger partial charge in [-0.05, 0) is 24.3 Å². The smallest absolute Gasteiger partial charge is 0.337 e. The summed E-state index contributed by atoms with van der Waals surface area (Å²) in [5.41, 5.74) is 1.06. The van der Waals surface area contributed by atoms with Crippen molar-refractivity contribution in [3.05, 3.63) is 35.9 Å². The Morgan fingerprint density at radius 3 is 2.61 bits per heavy atom. The first-order chi connectivity index (χ1) is 8.60. The third-order valence-corrected chi connectivity index (χ3v) is 2.42. The predicted octanol–water partition coefficient (Wildman–Crippen LogP) is 1.98. The van der Waals surface area contributed by atoms with Gasteiger partial charge in [-0.1, -0.05) is 6.07 Å². The first kappa shape index (κ1) is 12.0. The second-order valence-corrected chi connectivity index (χ2v) is 3.78. The van der Waals surface area contributed by atoms with Crippen LogP contribution in [0.15, 0.2) is 30.3 Å². The minimum atomic E-state index is -0.413. The van der Waals surface area contributed by atoms with Gasteiger partial charge in [0.05, 0.1) is 18.2 Å². The Bertz CT molecular complexity index is 623. The van der Waals surface area contributed by atoms with Crippen molar-refractivity contribution < 1.29 is 14.3 Å². The molecule has 0 unspecified atom stereocenters. The number of methoxy groups -OCH3 is 1. The van der Waals surface area contributed by atoms with Gasteiger partial charge in [-0.25, -0.2) is 9.78 Å². The summed E-state index contributed by atoms with van der Waals surface area (Å²) in [7, 11) is 1.33. The van der Waals surface area contributed by atoms with Crippen LogP contribution >= 0.6 is 0 Å². The van der Waals surface area contributed by atoms with Gasteiger partial charge in [-0.3, -0.25) is 4.79 Å². The molecule has 18 heavy (non-hydrogen) atoms. The van der Waals surface area contributed by atoms with Gasteiger partial charge >= 0.3 is 5.97 Å². The van der Waals surface area contributed by atoms with Gasteiger partial charge < -0.3 is 10.1 Å². The fraction of sp³-hybridized carbons (Fsp3) is 0.154. The summed E-state index contributed by atoms with van der Waals surface area (Å²) >= 11 is 0. The summed E-state index contributed by atoms with van der Waals surface area (Å²) in [5.74, 6) is -0.147. The van der Waals surface area contributed by atoms with Crippen molar-refractivity contribution in [2.24, 2.45) is 0 Å². The molecule has 1 heterocycles. The molecule has 0 aliphatic heterocycles. The van der Waals surface area contributed by atoms with Crippen molar-refractivity contribution in [2.75, 3.05) is 12.4 Å². The van der Waals surface area contributed by atoms with Gasteiger partial charge in [-0.2, -0.15) is 0 Å². The Morgan fingerprint density at radius 1 is 1.22 bits per heavy atom. The number of fused-ring (bicyclic) bond motifs is 1. The first-order valence-electron chi connectivity index (χ1n) is 5.37. The molecule has 1 amide bonds. The summed E-state index contributed by atoms with van der Waals surface area (Å²) in [6.07, 6.45) is 0. The highest BCUT2D eigenvalue weighted by atomic mass is 16.5. The van der Waals surface area contributed by atoms with Crippen molar-refractivity contribution in [2.45, 2.75) is 6.92 Å². The zero-order chi connectivity index (χ0) is 13.1. The number of amides is 1. The minimum absolute atomic E-state index is 0.189. The highest BCUT2D eigenvalue weighted by Gasteiger charge is 2.07. The van der Waals surface area contributed by atoms with E-state index in [-0.39, 0.29) is 5.91 Å². The van der Waals surface area contributed by atoms with Crippen LogP contribution in [0.2, 0.25) is 0 Å². The summed E-state index contributed by atoms with van der Waals surface area (Å²) in [6, 6.07) is 8.63. The monoisotopic (exact) mass is 244 g/mol. The van der Waals surface area contributed by atoms with Gasteiger partial charge in [0.15, 0.2) is 0 Å². The van der Waals surface area contributed by atoms with E-state index in [0.29, 0.717) is 16.9 Å². The molecule has 2 rings (SSSR count). The molecule has 0 saturated carbocycles. The van der Waals surface area contributed by atoms with E-state index in [9.17, 15) is 9.59 Å². The van der Waals surface area contributed by atoms with Crippen molar-refractivity contribution in [3.63, 3.8) is 0 Å². The predicted molar refractivity (Wildman–Crippen MR) is 67.4 cm³/mol. The topological polar surface area (TPSA) is 68.3 Å². The zero-order valence-corrected chi connectivity index (χ0v) is 10.1. The van der Waals surface area contributed by atoms with Crippen LogP contribution < -0.4 is 5.32 Å². The Morgan fingerprint density at radius 2 is 1.94 bits per heavy atom. The van der Waals surface area contributed by atoms with Crippen LogP contribution in [0.1, 0.15) is 17.3 Å². The molecule has 0 bridgehead atoms. The lowest BCUT2D eigenvalue weighted by Gasteiger charge is -2.04. The Balaban J connectivity index is 2.46.